The number of hydrogen-bond acceptors (Lipinski definition) is 6. The minimum absolute atomic E-state index is 0.531. The average Bonchev–Trinajstić information content (AvgIpc) is 3.15. The maximum Gasteiger partial charge on any atom is 0.435 e. The molecule has 0 radical (unpaired) electrons. The van der Waals surface area contributed by atoms with Crippen LogP contribution in [0.5, 0.6) is 0 Å². The molecule has 0 aromatic carbocycles. The molecule has 3 aromatic heterocycles. The number of fused-ring (bicyclic) bond motifs is 1. The van der Waals surface area contributed by atoms with Gasteiger partial charge in [0.2, 0.25) is 0 Å². The molecule has 0 N–H and O–H groups in total. The Morgan fingerprint density at radius 2 is 1.59 bits per heavy atom. The van der Waals surface area contributed by atoms with Crippen molar-refractivity contribution in [3.05, 3.63) is 35.3 Å². The fourth-order valence-electron chi connectivity index (χ4n) is 2.66. The topological polar surface area (TPSA) is 88.2 Å². The summed E-state index contributed by atoms with van der Waals surface area (Å²) in [6.07, 6.45) is 3.54. The van der Waals surface area contributed by atoms with E-state index in [2.05, 4.69) is 26.0 Å². The SMILES string of the molecule is CC(C)(C)OC(=O)n1cc(-c2cc3cnc(Br)cc3n2C(=O)OC(C)(C)C)cn1. The Morgan fingerprint density at radius 3 is 2.21 bits per heavy atom. The fraction of sp³-hybridized carbons (Fsp3) is 0.400. The lowest BCUT2D eigenvalue weighted by molar-refractivity contribution is 0.0512. The monoisotopic (exact) mass is 462 g/mol. The molecular formula is C20H23BrN4O4. The van der Waals surface area contributed by atoms with Crippen molar-refractivity contribution in [1.29, 1.82) is 0 Å². The van der Waals surface area contributed by atoms with Gasteiger partial charge >= 0.3 is 12.2 Å². The lowest BCUT2D eigenvalue weighted by Gasteiger charge is -2.20. The van der Waals surface area contributed by atoms with Crippen LogP contribution in [0, 0.1) is 0 Å². The highest BCUT2D eigenvalue weighted by Crippen LogP contribution is 2.30. The Hall–Kier alpha value is -2.68. The van der Waals surface area contributed by atoms with Gasteiger partial charge in [0.25, 0.3) is 0 Å². The molecule has 0 amide bonds. The van der Waals surface area contributed by atoms with E-state index in [0.717, 1.165) is 10.1 Å². The van der Waals surface area contributed by atoms with Crippen molar-refractivity contribution >= 4 is 39.0 Å². The number of rotatable bonds is 1. The summed E-state index contributed by atoms with van der Waals surface area (Å²) in [6, 6.07) is 3.54. The predicted octanol–water partition coefficient (Wildman–Crippen LogP) is 5.23. The number of carbonyl (C=O) groups is 2. The van der Waals surface area contributed by atoms with Crippen LogP contribution in [0.2, 0.25) is 0 Å². The molecule has 0 aliphatic carbocycles. The zero-order valence-corrected chi connectivity index (χ0v) is 18.8. The number of hydrogen-bond donors (Lipinski definition) is 0. The highest BCUT2D eigenvalue weighted by molar-refractivity contribution is 9.10. The van der Waals surface area contributed by atoms with Gasteiger partial charge in [0.05, 0.1) is 17.4 Å². The minimum Gasteiger partial charge on any atom is -0.443 e. The zero-order chi connectivity index (χ0) is 21.6. The van der Waals surface area contributed by atoms with Crippen LogP contribution in [0.25, 0.3) is 22.2 Å². The highest BCUT2D eigenvalue weighted by Gasteiger charge is 2.25. The quantitative estimate of drug-likeness (QED) is 0.460. The van der Waals surface area contributed by atoms with Gasteiger partial charge in [-0.1, -0.05) is 0 Å². The van der Waals surface area contributed by atoms with Gasteiger partial charge in [0, 0.05) is 23.3 Å². The Bertz CT molecular complexity index is 1090. The molecule has 3 aromatic rings. The van der Waals surface area contributed by atoms with Crippen LogP contribution in [0.4, 0.5) is 9.59 Å². The van der Waals surface area contributed by atoms with E-state index in [0.29, 0.717) is 21.4 Å². The van der Waals surface area contributed by atoms with Gasteiger partial charge in [-0.25, -0.2) is 19.1 Å². The molecule has 0 bridgehead atoms. The summed E-state index contributed by atoms with van der Waals surface area (Å²) < 4.78 is 14.1. The highest BCUT2D eigenvalue weighted by atomic mass is 79.9. The van der Waals surface area contributed by atoms with Crippen LogP contribution < -0.4 is 0 Å². The smallest absolute Gasteiger partial charge is 0.435 e. The molecule has 9 heteroatoms. The first-order chi connectivity index (χ1) is 13.3. The molecule has 0 aliphatic rings. The third-order valence-electron chi connectivity index (χ3n) is 3.69. The Labute approximate surface area is 176 Å². The van der Waals surface area contributed by atoms with Crippen molar-refractivity contribution in [2.45, 2.75) is 52.7 Å². The Balaban J connectivity index is 2.09. The number of ether oxygens (including phenoxy) is 2. The van der Waals surface area contributed by atoms with E-state index in [1.165, 1.54) is 17.0 Å². The fourth-order valence-corrected chi connectivity index (χ4v) is 2.98. The number of halogens is 1. The third kappa shape index (κ3) is 4.84. The summed E-state index contributed by atoms with van der Waals surface area (Å²) in [4.78, 5) is 29.5. The van der Waals surface area contributed by atoms with Crippen molar-refractivity contribution in [2.75, 3.05) is 0 Å². The van der Waals surface area contributed by atoms with Crippen molar-refractivity contribution in [2.24, 2.45) is 0 Å². The first kappa shape index (κ1) is 21.0. The lowest BCUT2D eigenvalue weighted by Crippen LogP contribution is -2.27. The van der Waals surface area contributed by atoms with Gasteiger partial charge < -0.3 is 9.47 Å². The Morgan fingerprint density at radius 1 is 0.966 bits per heavy atom. The maximum atomic E-state index is 13.0. The van der Waals surface area contributed by atoms with E-state index in [9.17, 15) is 9.59 Å². The first-order valence-electron chi connectivity index (χ1n) is 9.03. The number of aromatic nitrogens is 4. The summed E-state index contributed by atoms with van der Waals surface area (Å²) >= 11 is 3.34. The van der Waals surface area contributed by atoms with Gasteiger partial charge in [-0.05, 0) is 69.6 Å². The second-order valence-electron chi connectivity index (χ2n) is 8.57. The molecule has 8 nitrogen and oxygen atoms in total. The maximum absolute atomic E-state index is 13.0. The zero-order valence-electron chi connectivity index (χ0n) is 17.2. The van der Waals surface area contributed by atoms with Crippen LogP contribution in [0.1, 0.15) is 41.5 Å². The molecule has 3 rings (SSSR count). The van der Waals surface area contributed by atoms with Gasteiger partial charge in [-0.15, -0.1) is 0 Å². The predicted molar refractivity (Wildman–Crippen MR) is 112 cm³/mol. The third-order valence-corrected chi connectivity index (χ3v) is 4.12. The largest absolute Gasteiger partial charge is 0.443 e. The molecule has 0 saturated carbocycles. The van der Waals surface area contributed by atoms with Crippen LogP contribution in [0.3, 0.4) is 0 Å². The van der Waals surface area contributed by atoms with Crippen LogP contribution in [0.15, 0.2) is 35.3 Å². The first-order valence-corrected chi connectivity index (χ1v) is 9.82. The van der Waals surface area contributed by atoms with E-state index < -0.39 is 23.4 Å². The Kier molecular flexibility index (Phi) is 5.29. The van der Waals surface area contributed by atoms with Crippen LogP contribution in [-0.4, -0.2) is 42.7 Å². The summed E-state index contributed by atoms with van der Waals surface area (Å²) in [5.74, 6) is 0. The summed E-state index contributed by atoms with van der Waals surface area (Å²) in [5.41, 5.74) is 0.404. The van der Waals surface area contributed by atoms with Crippen molar-refractivity contribution in [3.8, 4) is 11.3 Å². The van der Waals surface area contributed by atoms with Gasteiger partial charge in [-0.2, -0.15) is 9.78 Å². The summed E-state index contributed by atoms with van der Waals surface area (Å²) in [6.45, 7) is 10.7. The molecular weight excluding hydrogens is 440 g/mol. The van der Waals surface area contributed by atoms with Crippen molar-refractivity contribution < 1.29 is 19.1 Å². The van der Waals surface area contributed by atoms with E-state index in [1.54, 1.807) is 59.9 Å². The van der Waals surface area contributed by atoms with Crippen molar-refractivity contribution in [1.82, 2.24) is 19.3 Å². The number of nitrogens with zero attached hydrogens (tertiary/aromatic N) is 4. The summed E-state index contributed by atoms with van der Waals surface area (Å²) in [5, 5.41) is 4.84. The van der Waals surface area contributed by atoms with Crippen LogP contribution in [-0.2, 0) is 9.47 Å². The van der Waals surface area contributed by atoms with Gasteiger partial charge in [0.15, 0.2) is 0 Å². The van der Waals surface area contributed by atoms with Gasteiger partial charge in [0.1, 0.15) is 15.8 Å². The van der Waals surface area contributed by atoms with E-state index in [-0.39, 0.29) is 0 Å². The molecule has 0 fully saturated rings. The number of carbonyl (C=O) groups excluding carboxylic acids is 2. The van der Waals surface area contributed by atoms with E-state index in [1.807, 2.05) is 0 Å². The second kappa shape index (κ2) is 7.29. The average molecular weight is 463 g/mol. The molecule has 154 valence electrons. The molecule has 3 heterocycles. The van der Waals surface area contributed by atoms with E-state index >= 15 is 0 Å². The lowest BCUT2D eigenvalue weighted by atomic mass is 10.2. The van der Waals surface area contributed by atoms with E-state index in [4.69, 9.17) is 9.47 Å². The molecule has 0 saturated heterocycles. The van der Waals surface area contributed by atoms with Crippen LogP contribution >= 0.6 is 15.9 Å². The van der Waals surface area contributed by atoms with Gasteiger partial charge in [-0.3, -0.25) is 0 Å². The molecule has 0 spiro atoms. The number of pyridine rings is 1. The second-order valence-corrected chi connectivity index (χ2v) is 9.38. The summed E-state index contributed by atoms with van der Waals surface area (Å²) in [7, 11) is 0. The molecule has 0 aliphatic heterocycles. The van der Waals surface area contributed by atoms with Crippen molar-refractivity contribution in [3.63, 3.8) is 0 Å². The minimum atomic E-state index is -0.671. The normalized spacial score (nSPS) is 12.2. The molecule has 0 atom stereocenters. The standard InChI is InChI=1S/C20H23BrN4O4/c1-19(2,3)28-17(26)24-11-13(10-23-24)14-7-12-9-22-16(21)8-15(12)25(14)18(27)29-20(4,5)6/h7-11H,1-6H3. The molecule has 0 unspecified atom stereocenters. The molecule has 29 heavy (non-hydrogen) atoms.